The summed E-state index contributed by atoms with van der Waals surface area (Å²) in [5.41, 5.74) is 0. The Morgan fingerprint density at radius 1 is 0.417 bits per heavy atom. The van der Waals surface area contributed by atoms with Crippen molar-refractivity contribution in [1.82, 2.24) is 5.32 Å². The number of hydrogen-bond donors (Lipinski definition) is 4. The summed E-state index contributed by atoms with van der Waals surface area (Å²) in [5, 5.41) is 33.6. The number of aliphatic hydroxyl groups is 3. The molecule has 0 aliphatic carbocycles. The molecule has 1 amide bonds. The predicted molar refractivity (Wildman–Crippen MR) is 264 cm³/mol. The molecule has 0 aliphatic rings. The van der Waals surface area contributed by atoms with Crippen molar-refractivity contribution in [2.45, 2.75) is 315 Å². The molecule has 0 aromatic carbocycles. The molecule has 0 bridgehead atoms. The molecule has 356 valence electrons. The Balaban J connectivity index is 3.56. The van der Waals surface area contributed by atoms with E-state index in [4.69, 9.17) is 0 Å². The molecule has 0 aromatic rings. The van der Waals surface area contributed by atoms with Gasteiger partial charge in [-0.25, -0.2) is 0 Å². The molecule has 0 saturated heterocycles. The summed E-state index contributed by atoms with van der Waals surface area (Å²) in [7, 11) is 0. The van der Waals surface area contributed by atoms with Gasteiger partial charge in [-0.15, -0.1) is 0 Å². The molecular formula is C55H107NO4. The van der Waals surface area contributed by atoms with Crippen LogP contribution in [0.1, 0.15) is 296 Å². The van der Waals surface area contributed by atoms with Crippen molar-refractivity contribution >= 4 is 5.91 Å². The monoisotopic (exact) mass is 846 g/mol. The van der Waals surface area contributed by atoms with E-state index in [1.807, 2.05) is 0 Å². The van der Waals surface area contributed by atoms with Crippen molar-refractivity contribution in [3.05, 3.63) is 24.3 Å². The Hall–Kier alpha value is -1.17. The summed E-state index contributed by atoms with van der Waals surface area (Å²) >= 11 is 0. The van der Waals surface area contributed by atoms with E-state index in [1.54, 1.807) is 0 Å². The van der Waals surface area contributed by atoms with Gasteiger partial charge in [-0.3, -0.25) is 4.79 Å². The highest BCUT2D eigenvalue weighted by atomic mass is 16.3. The van der Waals surface area contributed by atoms with Gasteiger partial charge in [-0.1, -0.05) is 269 Å². The van der Waals surface area contributed by atoms with Crippen LogP contribution in [0.2, 0.25) is 0 Å². The number of unbranched alkanes of at least 4 members (excludes halogenated alkanes) is 37. The fourth-order valence-electron chi connectivity index (χ4n) is 8.61. The van der Waals surface area contributed by atoms with Crippen LogP contribution in [0.4, 0.5) is 0 Å². The second-order valence-electron chi connectivity index (χ2n) is 18.8. The van der Waals surface area contributed by atoms with Crippen molar-refractivity contribution in [1.29, 1.82) is 0 Å². The second-order valence-corrected chi connectivity index (χ2v) is 18.8. The molecule has 0 radical (unpaired) electrons. The molecular weight excluding hydrogens is 739 g/mol. The number of carbonyl (C=O) groups is 1. The Kier molecular flexibility index (Phi) is 49.5. The number of aliphatic hydroxyl groups excluding tert-OH is 3. The molecule has 0 rings (SSSR count). The highest BCUT2D eigenvalue weighted by Crippen LogP contribution is 2.17. The van der Waals surface area contributed by atoms with Gasteiger partial charge in [0.25, 0.3) is 0 Å². The Morgan fingerprint density at radius 2 is 0.717 bits per heavy atom. The number of allylic oxidation sites excluding steroid dienone is 4. The van der Waals surface area contributed by atoms with Crippen LogP contribution in [0.15, 0.2) is 24.3 Å². The van der Waals surface area contributed by atoms with Gasteiger partial charge in [0.1, 0.15) is 0 Å². The van der Waals surface area contributed by atoms with E-state index in [-0.39, 0.29) is 18.9 Å². The maximum Gasteiger partial charge on any atom is 0.222 e. The molecule has 60 heavy (non-hydrogen) atoms. The SMILES string of the molecule is CCCCCCCCCCC/C=C\C/C=C\CCCCCCCCCC(O)CC(=O)NC(CO)C(O)CCCCCCCCCCCCCCCCCCCCCCCC. The van der Waals surface area contributed by atoms with Gasteiger partial charge in [0.05, 0.1) is 31.3 Å². The van der Waals surface area contributed by atoms with Gasteiger partial charge in [0.2, 0.25) is 5.91 Å². The van der Waals surface area contributed by atoms with E-state index in [2.05, 4.69) is 43.5 Å². The quantitative estimate of drug-likeness (QED) is 0.0363. The minimum atomic E-state index is -0.751. The highest BCUT2D eigenvalue weighted by Gasteiger charge is 2.21. The molecule has 3 atom stereocenters. The number of amides is 1. The standard InChI is InChI=1S/C55H107NO4/c1-3-5-7-9-11-13-15-17-19-21-23-25-27-28-30-32-34-36-38-40-42-44-46-48-52(58)50-55(60)56-53(51-57)54(59)49-47-45-43-41-39-37-35-33-31-29-26-24-22-20-18-16-14-12-10-8-6-4-2/h23,25,28,30,52-54,57-59H,3-22,24,26-27,29,31-51H2,1-2H3,(H,56,60)/b25-23-,30-28-. The number of nitrogens with one attached hydrogen (secondary N) is 1. The molecule has 0 heterocycles. The minimum absolute atomic E-state index is 0.0330. The lowest BCUT2D eigenvalue weighted by atomic mass is 10.0. The molecule has 0 fully saturated rings. The molecule has 5 nitrogen and oxygen atoms in total. The molecule has 0 aromatic heterocycles. The van der Waals surface area contributed by atoms with E-state index in [9.17, 15) is 20.1 Å². The average Bonchev–Trinajstić information content (AvgIpc) is 3.24. The first-order chi connectivity index (χ1) is 29.5. The number of carbonyl (C=O) groups excluding carboxylic acids is 1. The third-order valence-electron chi connectivity index (χ3n) is 12.8. The highest BCUT2D eigenvalue weighted by molar-refractivity contribution is 5.76. The Morgan fingerprint density at radius 3 is 1.05 bits per heavy atom. The van der Waals surface area contributed by atoms with Gasteiger partial charge in [-0.05, 0) is 44.9 Å². The first-order valence-electron chi connectivity index (χ1n) is 27.1. The van der Waals surface area contributed by atoms with Crippen molar-refractivity contribution in [2.75, 3.05) is 6.61 Å². The van der Waals surface area contributed by atoms with Gasteiger partial charge in [0, 0.05) is 0 Å². The van der Waals surface area contributed by atoms with E-state index >= 15 is 0 Å². The average molecular weight is 846 g/mol. The zero-order valence-electron chi connectivity index (χ0n) is 40.6. The van der Waals surface area contributed by atoms with Crippen LogP contribution in [0.25, 0.3) is 0 Å². The van der Waals surface area contributed by atoms with Crippen LogP contribution in [0.5, 0.6) is 0 Å². The smallest absolute Gasteiger partial charge is 0.222 e. The first kappa shape index (κ1) is 58.8. The molecule has 3 unspecified atom stereocenters. The summed E-state index contributed by atoms with van der Waals surface area (Å²) in [6.45, 7) is 4.29. The largest absolute Gasteiger partial charge is 0.394 e. The van der Waals surface area contributed by atoms with E-state index in [0.29, 0.717) is 12.8 Å². The lowest BCUT2D eigenvalue weighted by Crippen LogP contribution is -2.46. The van der Waals surface area contributed by atoms with Crippen molar-refractivity contribution in [2.24, 2.45) is 0 Å². The Bertz CT molecular complexity index is 890. The molecule has 5 heteroatoms. The predicted octanol–water partition coefficient (Wildman–Crippen LogP) is 16.5. The fourth-order valence-corrected chi connectivity index (χ4v) is 8.61. The maximum absolute atomic E-state index is 12.5. The minimum Gasteiger partial charge on any atom is -0.394 e. The van der Waals surface area contributed by atoms with Crippen LogP contribution in [0, 0.1) is 0 Å². The van der Waals surface area contributed by atoms with Crippen molar-refractivity contribution < 1.29 is 20.1 Å². The summed E-state index contributed by atoms with van der Waals surface area (Å²) < 4.78 is 0. The van der Waals surface area contributed by atoms with Crippen LogP contribution >= 0.6 is 0 Å². The van der Waals surface area contributed by atoms with Gasteiger partial charge in [-0.2, -0.15) is 0 Å². The third-order valence-corrected chi connectivity index (χ3v) is 12.8. The molecule has 0 spiro atoms. The Labute approximate surface area is 375 Å². The third kappa shape index (κ3) is 46.3. The molecule has 0 saturated carbocycles. The summed E-state index contributed by atoms with van der Waals surface area (Å²) in [6, 6.07) is -0.661. The number of rotatable bonds is 50. The van der Waals surface area contributed by atoms with Crippen molar-refractivity contribution in [3.8, 4) is 0 Å². The lowest BCUT2D eigenvalue weighted by Gasteiger charge is -2.23. The summed E-state index contributed by atoms with van der Waals surface area (Å²) in [6.07, 6.45) is 63.2. The van der Waals surface area contributed by atoms with Crippen LogP contribution in [-0.4, -0.2) is 46.1 Å². The van der Waals surface area contributed by atoms with Crippen molar-refractivity contribution in [3.63, 3.8) is 0 Å². The lowest BCUT2D eigenvalue weighted by molar-refractivity contribution is -0.125. The van der Waals surface area contributed by atoms with Gasteiger partial charge < -0.3 is 20.6 Å². The summed E-state index contributed by atoms with van der Waals surface area (Å²) in [4.78, 5) is 12.5. The normalized spacial score (nSPS) is 13.5. The van der Waals surface area contributed by atoms with E-state index < -0.39 is 18.2 Å². The van der Waals surface area contributed by atoms with Gasteiger partial charge >= 0.3 is 0 Å². The maximum atomic E-state index is 12.5. The zero-order chi connectivity index (χ0) is 43.7. The van der Waals surface area contributed by atoms with Crippen LogP contribution in [0.3, 0.4) is 0 Å². The molecule has 0 aliphatic heterocycles. The summed E-state index contributed by atoms with van der Waals surface area (Å²) in [5.74, 6) is -0.283. The fraction of sp³-hybridized carbons (Fsp3) is 0.909. The van der Waals surface area contributed by atoms with Crippen LogP contribution < -0.4 is 5.32 Å². The topological polar surface area (TPSA) is 89.8 Å². The van der Waals surface area contributed by atoms with E-state index in [0.717, 1.165) is 32.1 Å². The van der Waals surface area contributed by atoms with E-state index in [1.165, 1.54) is 231 Å². The number of hydrogen-bond acceptors (Lipinski definition) is 4. The first-order valence-corrected chi connectivity index (χ1v) is 27.1. The van der Waals surface area contributed by atoms with Crippen LogP contribution in [-0.2, 0) is 4.79 Å². The second kappa shape index (κ2) is 50.5. The molecule has 4 N–H and O–H groups in total. The van der Waals surface area contributed by atoms with Gasteiger partial charge in [0.15, 0.2) is 0 Å². The zero-order valence-corrected chi connectivity index (χ0v) is 40.6.